The van der Waals surface area contributed by atoms with Gasteiger partial charge in [-0.1, -0.05) is 158 Å². The Balaban J connectivity index is 1.35. The van der Waals surface area contributed by atoms with Gasteiger partial charge in [-0.05, 0) is 127 Å². The molecule has 232 valence electrons. The van der Waals surface area contributed by atoms with E-state index >= 15 is 0 Å². The molecule has 0 nitrogen and oxygen atoms in total. The Kier molecular flexibility index (Phi) is 7.66. The minimum atomic E-state index is 1.04. The van der Waals surface area contributed by atoms with Crippen molar-refractivity contribution in [1.29, 1.82) is 0 Å². The topological polar surface area (TPSA) is 0 Å². The normalized spacial score (nSPS) is 13.4. The van der Waals surface area contributed by atoms with Crippen LogP contribution in [0.25, 0.3) is 71.3 Å². The molecule has 0 unspecified atom stereocenters. The molecular weight excluding hydrogens is 577 g/mol. The van der Waals surface area contributed by atoms with Crippen LogP contribution in [0.3, 0.4) is 0 Å². The predicted molar refractivity (Wildman–Crippen MR) is 209 cm³/mol. The molecule has 0 amide bonds. The van der Waals surface area contributed by atoms with Crippen LogP contribution in [0.15, 0.2) is 157 Å². The van der Waals surface area contributed by atoms with Crippen molar-refractivity contribution in [3.63, 3.8) is 0 Å². The quantitative estimate of drug-likeness (QED) is 0.169. The first kappa shape index (κ1) is 29.9. The second-order valence-corrected chi connectivity index (χ2v) is 13.2. The minimum Gasteiger partial charge on any atom is -0.0769 e. The Morgan fingerprint density at radius 3 is 1.46 bits per heavy atom. The van der Waals surface area contributed by atoms with Crippen molar-refractivity contribution in [3.05, 3.63) is 173 Å². The van der Waals surface area contributed by atoms with E-state index in [1.807, 2.05) is 0 Å². The highest BCUT2D eigenvalue weighted by molar-refractivity contribution is 6.24. The Morgan fingerprint density at radius 1 is 0.438 bits per heavy atom. The zero-order valence-corrected chi connectivity index (χ0v) is 28.3. The van der Waals surface area contributed by atoms with Gasteiger partial charge in [0.2, 0.25) is 0 Å². The fourth-order valence-corrected chi connectivity index (χ4v) is 7.90. The van der Waals surface area contributed by atoms with E-state index in [0.717, 1.165) is 12.8 Å². The summed E-state index contributed by atoms with van der Waals surface area (Å²) in [6.45, 7) is 8.93. The smallest absolute Gasteiger partial charge is 0.00201 e. The van der Waals surface area contributed by atoms with Crippen LogP contribution in [0.1, 0.15) is 43.4 Å². The van der Waals surface area contributed by atoms with Crippen LogP contribution in [0, 0.1) is 13.8 Å². The summed E-state index contributed by atoms with van der Waals surface area (Å²) >= 11 is 0. The molecule has 0 heterocycles. The molecule has 0 bridgehead atoms. The van der Waals surface area contributed by atoms with Crippen LogP contribution in [0.2, 0.25) is 0 Å². The molecule has 0 aromatic heterocycles. The summed E-state index contributed by atoms with van der Waals surface area (Å²) in [5, 5.41) is 7.69. The van der Waals surface area contributed by atoms with E-state index in [4.69, 9.17) is 0 Å². The lowest BCUT2D eigenvalue weighted by atomic mass is 9.83. The van der Waals surface area contributed by atoms with Gasteiger partial charge in [0, 0.05) is 0 Å². The lowest BCUT2D eigenvalue weighted by Gasteiger charge is -2.20. The number of fused-ring (bicyclic) bond motifs is 3. The van der Waals surface area contributed by atoms with Gasteiger partial charge in [-0.2, -0.15) is 0 Å². The first-order chi connectivity index (χ1) is 23.5. The minimum absolute atomic E-state index is 1.04. The van der Waals surface area contributed by atoms with Crippen molar-refractivity contribution in [3.8, 4) is 33.4 Å². The van der Waals surface area contributed by atoms with Crippen molar-refractivity contribution in [2.45, 2.75) is 40.5 Å². The summed E-state index contributed by atoms with van der Waals surface area (Å²) in [6, 6.07) is 47.5. The average molecular weight is 617 g/mol. The maximum Gasteiger partial charge on any atom is -0.00201 e. The van der Waals surface area contributed by atoms with Crippen molar-refractivity contribution < 1.29 is 0 Å². The van der Waals surface area contributed by atoms with E-state index in [0.29, 0.717) is 0 Å². The van der Waals surface area contributed by atoms with E-state index < -0.39 is 0 Å². The van der Waals surface area contributed by atoms with Gasteiger partial charge in [0.05, 0.1) is 0 Å². The third-order valence-corrected chi connectivity index (χ3v) is 10.4. The molecule has 0 saturated heterocycles. The highest BCUT2D eigenvalue weighted by atomic mass is 14.2. The number of hydrogen-bond donors (Lipinski definition) is 0. The summed E-state index contributed by atoms with van der Waals surface area (Å²) in [5.74, 6) is 0. The molecule has 48 heavy (non-hydrogen) atoms. The van der Waals surface area contributed by atoms with Gasteiger partial charge in [-0.25, -0.2) is 0 Å². The number of hydrogen-bond acceptors (Lipinski definition) is 0. The highest BCUT2D eigenvalue weighted by Gasteiger charge is 2.20. The van der Waals surface area contributed by atoms with Gasteiger partial charge in [-0.15, -0.1) is 0 Å². The Bertz CT molecular complexity index is 2390. The fraction of sp³-hybridized carbons (Fsp3) is 0.125. The molecule has 0 saturated carbocycles. The standard InChI is InChI=1S/C48H40/c1-5-34-22-21-31(2)37(28-23-34)35-24-26-36(27-25-35)47-40-17-8-10-19-42(40)48(43-20-11-9-18-41(43)47)45-30-29-44(38-15-6-7-16-39(38)45)46-32(3)13-12-14-33(46)4/h6-21,23-30H,5,22H2,1-4H3. The van der Waals surface area contributed by atoms with Crippen LogP contribution in [-0.4, -0.2) is 0 Å². The first-order valence-corrected chi connectivity index (χ1v) is 17.2. The van der Waals surface area contributed by atoms with Crippen molar-refractivity contribution in [2.24, 2.45) is 0 Å². The molecule has 0 fully saturated rings. The zero-order valence-electron chi connectivity index (χ0n) is 28.3. The van der Waals surface area contributed by atoms with Gasteiger partial charge >= 0.3 is 0 Å². The summed E-state index contributed by atoms with van der Waals surface area (Å²) in [5.41, 5.74) is 15.8. The van der Waals surface area contributed by atoms with Crippen molar-refractivity contribution >= 4 is 37.9 Å². The van der Waals surface area contributed by atoms with Crippen LogP contribution >= 0.6 is 0 Å². The van der Waals surface area contributed by atoms with E-state index in [1.165, 1.54) is 99.1 Å². The number of rotatable bonds is 5. The van der Waals surface area contributed by atoms with Crippen LogP contribution in [0.5, 0.6) is 0 Å². The molecule has 7 aromatic rings. The monoisotopic (exact) mass is 616 g/mol. The number of benzene rings is 7. The van der Waals surface area contributed by atoms with Gasteiger partial charge in [0.15, 0.2) is 0 Å². The third-order valence-electron chi connectivity index (χ3n) is 10.4. The van der Waals surface area contributed by atoms with Crippen LogP contribution in [0.4, 0.5) is 0 Å². The maximum atomic E-state index is 2.38. The highest BCUT2D eigenvalue weighted by Crippen LogP contribution is 2.47. The molecule has 8 rings (SSSR count). The lowest BCUT2D eigenvalue weighted by Crippen LogP contribution is -1.94. The van der Waals surface area contributed by atoms with Crippen molar-refractivity contribution in [2.75, 3.05) is 0 Å². The zero-order chi connectivity index (χ0) is 32.8. The molecule has 0 aliphatic heterocycles. The molecule has 7 aromatic carbocycles. The molecule has 0 heteroatoms. The summed E-state index contributed by atoms with van der Waals surface area (Å²) < 4.78 is 0. The number of aryl methyl sites for hydroxylation is 2. The van der Waals surface area contributed by atoms with Gasteiger partial charge in [-0.3, -0.25) is 0 Å². The van der Waals surface area contributed by atoms with Crippen LogP contribution < -0.4 is 0 Å². The summed E-state index contributed by atoms with van der Waals surface area (Å²) in [4.78, 5) is 0. The Hall–Kier alpha value is -5.46. The van der Waals surface area contributed by atoms with E-state index in [-0.39, 0.29) is 0 Å². The number of allylic oxidation sites excluding steroid dienone is 6. The second-order valence-electron chi connectivity index (χ2n) is 13.2. The lowest BCUT2D eigenvalue weighted by molar-refractivity contribution is 1.03. The molecule has 0 N–H and O–H groups in total. The SMILES string of the molecule is CCC1=CC=C(c2ccc(-c3c4ccccc4c(-c4ccc(-c5c(C)cccc5C)c5ccccc45)c4ccccc34)cc2)C(C)=CC1. The average Bonchev–Trinajstić information content (AvgIpc) is 3.31. The van der Waals surface area contributed by atoms with Crippen LogP contribution in [-0.2, 0) is 0 Å². The summed E-state index contributed by atoms with van der Waals surface area (Å²) in [6.07, 6.45) is 9.13. The predicted octanol–water partition coefficient (Wildman–Crippen LogP) is 13.8. The summed E-state index contributed by atoms with van der Waals surface area (Å²) in [7, 11) is 0. The van der Waals surface area contributed by atoms with E-state index in [1.54, 1.807) is 0 Å². The van der Waals surface area contributed by atoms with Crippen molar-refractivity contribution in [1.82, 2.24) is 0 Å². The van der Waals surface area contributed by atoms with E-state index in [9.17, 15) is 0 Å². The molecule has 0 spiro atoms. The maximum absolute atomic E-state index is 2.38. The van der Waals surface area contributed by atoms with Gasteiger partial charge in [0.1, 0.15) is 0 Å². The van der Waals surface area contributed by atoms with Gasteiger partial charge < -0.3 is 0 Å². The largest absolute Gasteiger partial charge is 0.0769 e. The fourth-order valence-electron chi connectivity index (χ4n) is 7.90. The third kappa shape index (κ3) is 5.00. The molecule has 1 aliphatic rings. The molecular formula is C48H40. The molecule has 0 atom stereocenters. The second kappa shape index (κ2) is 12.3. The van der Waals surface area contributed by atoms with E-state index in [2.05, 4.69) is 173 Å². The Labute approximate surface area is 284 Å². The molecule has 1 aliphatic carbocycles. The first-order valence-electron chi connectivity index (χ1n) is 17.2. The molecule has 0 radical (unpaired) electrons. The Morgan fingerprint density at radius 2 is 0.917 bits per heavy atom. The van der Waals surface area contributed by atoms with Gasteiger partial charge in [0.25, 0.3) is 0 Å².